The third-order valence-electron chi connectivity index (χ3n) is 13.0. The van der Waals surface area contributed by atoms with Crippen LogP contribution >= 0.6 is 0 Å². The van der Waals surface area contributed by atoms with Gasteiger partial charge < -0.3 is 9.47 Å². The number of benzene rings is 8. The van der Waals surface area contributed by atoms with Crippen LogP contribution in [0.25, 0.3) is 55.4 Å². The van der Waals surface area contributed by atoms with E-state index in [1.165, 1.54) is 49.8 Å². The van der Waals surface area contributed by atoms with Gasteiger partial charge in [0.2, 0.25) is 0 Å². The molecule has 0 bridgehead atoms. The molecule has 11 rings (SSSR count). The maximum atomic E-state index is 5.53. The lowest BCUT2D eigenvalue weighted by atomic mass is 9.85. The average molecular weight is 799 g/mol. The first-order valence-corrected chi connectivity index (χ1v) is 21.8. The number of aliphatic imine (C=N–C) groups is 2. The summed E-state index contributed by atoms with van der Waals surface area (Å²) in [4.78, 5) is 13.6. The number of amidine groups is 1. The van der Waals surface area contributed by atoms with Gasteiger partial charge in [0.15, 0.2) is 5.84 Å². The fourth-order valence-corrected chi connectivity index (χ4v) is 9.84. The molecule has 0 aliphatic carbocycles. The van der Waals surface area contributed by atoms with Crippen LogP contribution < -0.4 is 4.90 Å². The summed E-state index contributed by atoms with van der Waals surface area (Å²) in [5.41, 5.74) is 18.5. The van der Waals surface area contributed by atoms with Crippen molar-refractivity contribution in [2.24, 2.45) is 15.9 Å². The SMILES string of the molecule is CCC1c2ccccc2-c2cc3c4ccccc4n(-c4ccccc4)c3cc2N1c1ccc(C2=C(C)C(C)C(c3ccccc3)=NC(c3ccccc3-c3ccccc3)=N2)cc1. The molecule has 0 saturated carbocycles. The van der Waals surface area contributed by atoms with Gasteiger partial charge in [-0.2, -0.15) is 0 Å². The molecule has 2 atom stereocenters. The van der Waals surface area contributed by atoms with Crippen LogP contribution in [0.5, 0.6) is 0 Å². The van der Waals surface area contributed by atoms with Gasteiger partial charge in [-0.1, -0.05) is 172 Å². The number of nitrogens with zero attached hydrogens (tertiary/aromatic N) is 4. The molecule has 4 heteroatoms. The Morgan fingerprint density at radius 2 is 1.10 bits per heavy atom. The van der Waals surface area contributed by atoms with E-state index in [4.69, 9.17) is 9.98 Å². The van der Waals surface area contributed by atoms with Crippen LogP contribution in [0.3, 0.4) is 0 Å². The van der Waals surface area contributed by atoms with E-state index in [0.717, 1.165) is 62.9 Å². The zero-order valence-corrected chi connectivity index (χ0v) is 35.2. The van der Waals surface area contributed by atoms with Crippen LogP contribution in [0.4, 0.5) is 11.4 Å². The number of fused-ring (bicyclic) bond motifs is 6. The summed E-state index contributed by atoms with van der Waals surface area (Å²) in [6.07, 6.45) is 0.952. The zero-order valence-electron chi connectivity index (χ0n) is 35.2. The summed E-state index contributed by atoms with van der Waals surface area (Å²) in [5, 5.41) is 2.51. The fraction of sp³-hybridized carbons (Fsp3) is 0.103. The number of allylic oxidation sites excluding steroid dienone is 1. The predicted octanol–water partition coefficient (Wildman–Crippen LogP) is 15.0. The third-order valence-corrected chi connectivity index (χ3v) is 13.0. The zero-order chi connectivity index (χ0) is 41.7. The number of rotatable bonds is 7. The van der Waals surface area contributed by atoms with Crippen molar-refractivity contribution in [2.45, 2.75) is 33.2 Å². The van der Waals surface area contributed by atoms with Crippen LogP contribution in [0.15, 0.2) is 216 Å². The molecule has 2 aliphatic rings. The molecular weight excluding hydrogens is 753 g/mol. The molecular formula is C58H46N4. The van der Waals surface area contributed by atoms with Crippen LogP contribution in [-0.4, -0.2) is 16.1 Å². The van der Waals surface area contributed by atoms with Gasteiger partial charge in [0.1, 0.15) is 0 Å². The van der Waals surface area contributed by atoms with Crippen LogP contribution in [0.1, 0.15) is 55.5 Å². The predicted molar refractivity (Wildman–Crippen MR) is 261 cm³/mol. The number of hydrogen-bond donors (Lipinski definition) is 0. The van der Waals surface area contributed by atoms with Crippen molar-refractivity contribution < 1.29 is 0 Å². The van der Waals surface area contributed by atoms with Crippen LogP contribution in [0, 0.1) is 5.92 Å². The van der Waals surface area contributed by atoms with Gasteiger partial charge in [0.05, 0.1) is 34.2 Å². The molecule has 2 aliphatic heterocycles. The Labute approximate surface area is 363 Å². The van der Waals surface area contributed by atoms with Gasteiger partial charge in [0, 0.05) is 44.8 Å². The molecule has 0 N–H and O–H groups in total. The van der Waals surface area contributed by atoms with Crippen molar-refractivity contribution in [3.05, 3.63) is 228 Å². The van der Waals surface area contributed by atoms with E-state index >= 15 is 0 Å². The van der Waals surface area contributed by atoms with E-state index in [-0.39, 0.29) is 12.0 Å². The average Bonchev–Trinajstić information content (AvgIpc) is 3.59. The maximum absolute atomic E-state index is 5.53. The normalized spacial score (nSPS) is 16.1. The number of anilines is 2. The Balaban J connectivity index is 1.08. The fourth-order valence-electron chi connectivity index (χ4n) is 9.84. The Kier molecular flexibility index (Phi) is 9.35. The first-order valence-electron chi connectivity index (χ1n) is 21.8. The second-order valence-corrected chi connectivity index (χ2v) is 16.5. The van der Waals surface area contributed by atoms with E-state index < -0.39 is 0 Å². The molecule has 4 nitrogen and oxygen atoms in total. The van der Waals surface area contributed by atoms with Gasteiger partial charge in [-0.25, -0.2) is 9.98 Å². The Morgan fingerprint density at radius 1 is 0.484 bits per heavy atom. The number of aromatic nitrogens is 1. The molecule has 8 aromatic carbocycles. The summed E-state index contributed by atoms with van der Waals surface area (Å²) in [7, 11) is 0. The number of para-hydroxylation sites is 2. The van der Waals surface area contributed by atoms with Crippen LogP contribution in [0.2, 0.25) is 0 Å². The quantitative estimate of drug-likeness (QED) is 0.158. The van der Waals surface area contributed by atoms with Crippen molar-refractivity contribution in [3.8, 4) is 27.9 Å². The highest BCUT2D eigenvalue weighted by molar-refractivity contribution is 6.18. The van der Waals surface area contributed by atoms with Crippen molar-refractivity contribution >= 4 is 50.4 Å². The van der Waals surface area contributed by atoms with E-state index in [9.17, 15) is 0 Å². The van der Waals surface area contributed by atoms with Crippen molar-refractivity contribution in [2.75, 3.05) is 4.90 Å². The minimum atomic E-state index is 0.0333. The molecule has 2 unspecified atom stereocenters. The largest absolute Gasteiger partial charge is 0.333 e. The number of hydrogen-bond acceptors (Lipinski definition) is 3. The second kappa shape index (κ2) is 15.5. The lowest BCUT2D eigenvalue weighted by molar-refractivity contribution is 0.668. The minimum absolute atomic E-state index is 0.0333. The molecule has 298 valence electrons. The Morgan fingerprint density at radius 3 is 1.82 bits per heavy atom. The molecule has 0 fully saturated rings. The van der Waals surface area contributed by atoms with Gasteiger partial charge >= 0.3 is 0 Å². The summed E-state index contributed by atoms with van der Waals surface area (Å²) in [5.74, 6) is 0.752. The van der Waals surface area contributed by atoms with Gasteiger partial charge in [-0.05, 0) is 89.2 Å². The third kappa shape index (κ3) is 6.21. The molecule has 1 aromatic heterocycles. The minimum Gasteiger partial charge on any atom is -0.333 e. The molecule has 0 amide bonds. The molecule has 62 heavy (non-hydrogen) atoms. The smallest absolute Gasteiger partial charge is 0.160 e. The monoisotopic (exact) mass is 798 g/mol. The lowest BCUT2D eigenvalue weighted by Gasteiger charge is -2.40. The summed E-state index contributed by atoms with van der Waals surface area (Å²) >= 11 is 0. The Bertz CT molecular complexity index is 3230. The van der Waals surface area contributed by atoms with Crippen molar-refractivity contribution in [3.63, 3.8) is 0 Å². The van der Waals surface area contributed by atoms with E-state index in [1.54, 1.807) is 0 Å². The van der Waals surface area contributed by atoms with Crippen LogP contribution in [-0.2, 0) is 0 Å². The van der Waals surface area contributed by atoms with Gasteiger partial charge in [0.25, 0.3) is 0 Å². The highest BCUT2D eigenvalue weighted by Gasteiger charge is 2.33. The second-order valence-electron chi connectivity index (χ2n) is 16.5. The first-order chi connectivity index (χ1) is 30.6. The van der Waals surface area contributed by atoms with Gasteiger partial charge in [-0.15, -0.1) is 0 Å². The van der Waals surface area contributed by atoms with Crippen molar-refractivity contribution in [1.29, 1.82) is 0 Å². The molecule has 3 heterocycles. The lowest BCUT2D eigenvalue weighted by Crippen LogP contribution is -2.27. The van der Waals surface area contributed by atoms with E-state index in [0.29, 0.717) is 0 Å². The first kappa shape index (κ1) is 37.4. The summed E-state index contributed by atoms with van der Waals surface area (Å²) < 4.78 is 2.42. The highest BCUT2D eigenvalue weighted by Crippen LogP contribution is 2.52. The van der Waals surface area contributed by atoms with Gasteiger partial charge in [-0.3, -0.25) is 0 Å². The molecule has 0 radical (unpaired) electrons. The van der Waals surface area contributed by atoms with E-state index in [2.05, 4.69) is 230 Å². The molecule has 0 saturated heterocycles. The summed E-state index contributed by atoms with van der Waals surface area (Å²) in [6, 6.07) is 72.4. The summed E-state index contributed by atoms with van der Waals surface area (Å²) in [6.45, 7) is 6.80. The Hall–Kier alpha value is -7.56. The maximum Gasteiger partial charge on any atom is 0.160 e. The molecule has 9 aromatic rings. The topological polar surface area (TPSA) is 32.9 Å². The van der Waals surface area contributed by atoms with E-state index in [1.807, 2.05) is 0 Å². The van der Waals surface area contributed by atoms with Crippen molar-refractivity contribution in [1.82, 2.24) is 4.57 Å². The standard InChI is InChI=1S/C58H46N4/c1-4-52-47-28-16-15-27-46(47)50-36-51-48-29-18-19-31-53(48)62(43-24-12-7-13-25-43)55(51)37-54(50)61(52)44-34-32-42(33-35-44)57-39(3)38(2)56(41-22-10-6-11-23-41)59-58(60-57)49-30-17-14-26-45(49)40-20-8-5-9-21-40/h5-38,52H,4H2,1-3H3. The highest BCUT2D eigenvalue weighted by atomic mass is 15.2. The molecule has 0 spiro atoms.